The Labute approximate surface area is 163 Å². The molecule has 0 radical (unpaired) electrons. The van der Waals surface area contributed by atoms with E-state index in [0.29, 0.717) is 31.8 Å². The number of methoxy groups -OCH3 is 2. The Morgan fingerprint density at radius 1 is 1.40 bits per heavy atom. The minimum absolute atomic E-state index is 0.200. The van der Waals surface area contributed by atoms with Crippen LogP contribution in [0.25, 0.3) is 6.08 Å². The maximum absolute atomic E-state index is 12.5. The number of halogens is 1. The summed E-state index contributed by atoms with van der Waals surface area (Å²) >= 11 is 9.76. The fraction of sp³-hybridized carbons (Fsp3) is 0.312. The first-order chi connectivity index (χ1) is 11.9. The Hall–Kier alpha value is -1.58. The van der Waals surface area contributed by atoms with E-state index in [0.717, 1.165) is 17.3 Å². The maximum Gasteiger partial charge on any atom is 0.325 e. The van der Waals surface area contributed by atoms with Crippen LogP contribution in [0.4, 0.5) is 0 Å². The highest BCUT2D eigenvalue weighted by Gasteiger charge is 2.33. The number of thiocarbonyl (C=S) groups is 1. The van der Waals surface area contributed by atoms with Gasteiger partial charge in [-0.05, 0) is 46.6 Å². The molecule has 1 amide bonds. The molecule has 1 fully saturated rings. The summed E-state index contributed by atoms with van der Waals surface area (Å²) in [5, 5.41) is 0. The zero-order chi connectivity index (χ0) is 18.6. The molecule has 2 rings (SSSR count). The number of ether oxygens (including phenoxy) is 3. The smallest absolute Gasteiger partial charge is 0.325 e. The van der Waals surface area contributed by atoms with Gasteiger partial charge in [0.15, 0.2) is 11.5 Å². The maximum atomic E-state index is 12.5. The number of carbonyl (C=O) groups is 2. The predicted octanol–water partition coefficient (Wildman–Crippen LogP) is 3.23. The van der Waals surface area contributed by atoms with Crippen LogP contribution >= 0.6 is 39.9 Å². The number of nitrogens with zero attached hydrogens (tertiary/aromatic N) is 1. The van der Waals surface area contributed by atoms with E-state index in [1.54, 1.807) is 19.3 Å². The van der Waals surface area contributed by atoms with E-state index in [1.807, 2.05) is 13.0 Å². The highest BCUT2D eigenvalue weighted by atomic mass is 79.9. The first kappa shape index (κ1) is 19.7. The van der Waals surface area contributed by atoms with Crippen molar-refractivity contribution >= 4 is 62.2 Å². The highest BCUT2D eigenvalue weighted by Crippen LogP contribution is 2.39. The van der Waals surface area contributed by atoms with Crippen LogP contribution in [0.15, 0.2) is 21.5 Å². The number of hydrogen-bond acceptors (Lipinski definition) is 7. The number of benzene rings is 1. The molecular formula is C16H16BrNO5S2. The largest absolute Gasteiger partial charge is 0.493 e. The second kappa shape index (κ2) is 8.68. The molecule has 134 valence electrons. The third kappa shape index (κ3) is 4.53. The van der Waals surface area contributed by atoms with Crippen LogP contribution in [0.5, 0.6) is 11.5 Å². The second-order valence-electron chi connectivity index (χ2n) is 4.81. The van der Waals surface area contributed by atoms with Gasteiger partial charge in [0.05, 0.1) is 30.2 Å². The molecule has 6 nitrogen and oxygen atoms in total. The average molecular weight is 446 g/mol. The van der Waals surface area contributed by atoms with E-state index in [1.165, 1.54) is 12.0 Å². The van der Waals surface area contributed by atoms with Crippen molar-refractivity contribution in [1.82, 2.24) is 4.90 Å². The molecule has 0 aromatic heterocycles. The molecule has 0 saturated carbocycles. The van der Waals surface area contributed by atoms with Crippen molar-refractivity contribution in [2.24, 2.45) is 0 Å². The van der Waals surface area contributed by atoms with Gasteiger partial charge in [0.25, 0.3) is 5.91 Å². The minimum atomic E-state index is -0.525. The van der Waals surface area contributed by atoms with Crippen molar-refractivity contribution in [2.75, 3.05) is 27.4 Å². The van der Waals surface area contributed by atoms with Gasteiger partial charge >= 0.3 is 5.97 Å². The van der Waals surface area contributed by atoms with Gasteiger partial charge in [-0.15, -0.1) is 0 Å². The van der Waals surface area contributed by atoms with Crippen LogP contribution in [0.3, 0.4) is 0 Å². The van der Waals surface area contributed by atoms with Crippen molar-refractivity contribution in [3.63, 3.8) is 0 Å². The first-order valence-electron chi connectivity index (χ1n) is 7.23. The number of thioether (sulfide) groups is 1. The van der Waals surface area contributed by atoms with Crippen LogP contribution in [0, 0.1) is 0 Å². The molecule has 1 heterocycles. The topological polar surface area (TPSA) is 65.1 Å². The van der Waals surface area contributed by atoms with E-state index in [9.17, 15) is 9.59 Å². The normalized spacial score (nSPS) is 15.7. The monoisotopic (exact) mass is 445 g/mol. The predicted molar refractivity (Wildman–Crippen MR) is 104 cm³/mol. The van der Waals surface area contributed by atoms with Crippen molar-refractivity contribution in [3.05, 3.63) is 27.1 Å². The number of esters is 1. The Morgan fingerprint density at radius 2 is 2.12 bits per heavy atom. The lowest BCUT2D eigenvalue weighted by Crippen LogP contribution is -2.33. The lowest BCUT2D eigenvalue weighted by molar-refractivity contribution is -0.143. The Balaban J connectivity index is 2.31. The molecule has 9 heteroatoms. The molecule has 0 atom stereocenters. The molecule has 0 aliphatic carbocycles. The average Bonchev–Trinajstić information content (AvgIpc) is 2.84. The van der Waals surface area contributed by atoms with Gasteiger partial charge in [0, 0.05) is 0 Å². The molecule has 1 aliphatic heterocycles. The molecule has 0 bridgehead atoms. The highest BCUT2D eigenvalue weighted by molar-refractivity contribution is 9.10. The molecule has 0 N–H and O–H groups in total. The number of rotatable bonds is 6. The summed E-state index contributed by atoms with van der Waals surface area (Å²) in [4.78, 5) is 25.5. The summed E-state index contributed by atoms with van der Waals surface area (Å²) in [7, 11) is 2.81. The van der Waals surface area contributed by atoms with E-state index in [2.05, 4.69) is 20.7 Å². The Morgan fingerprint density at radius 3 is 2.72 bits per heavy atom. The van der Waals surface area contributed by atoms with Gasteiger partial charge in [0.1, 0.15) is 10.9 Å². The fourth-order valence-electron chi connectivity index (χ4n) is 2.09. The summed E-state index contributed by atoms with van der Waals surface area (Å²) in [6.45, 7) is 2.18. The van der Waals surface area contributed by atoms with Gasteiger partial charge in [-0.1, -0.05) is 24.0 Å². The van der Waals surface area contributed by atoms with Gasteiger partial charge < -0.3 is 14.2 Å². The van der Waals surface area contributed by atoms with E-state index in [-0.39, 0.29) is 12.5 Å². The molecule has 0 unspecified atom stereocenters. The molecule has 25 heavy (non-hydrogen) atoms. The molecule has 1 saturated heterocycles. The van der Waals surface area contributed by atoms with Crippen LogP contribution < -0.4 is 9.47 Å². The SMILES string of the molecule is CCOc1c(Br)cc(/C=C2\SC(=S)N(CC(=O)OC)C2=O)cc1OC. The molecule has 1 aliphatic rings. The molecule has 1 aromatic carbocycles. The lowest BCUT2D eigenvalue weighted by atomic mass is 10.2. The van der Waals surface area contributed by atoms with Gasteiger partial charge in [-0.25, -0.2) is 0 Å². The minimum Gasteiger partial charge on any atom is -0.493 e. The van der Waals surface area contributed by atoms with Gasteiger partial charge in [-0.2, -0.15) is 0 Å². The lowest BCUT2D eigenvalue weighted by Gasteiger charge is -2.13. The molecule has 0 spiro atoms. The van der Waals surface area contributed by atoms with E-state index < -0.39 is 5.97 Å². The Bertz CT molecular complexity index is 750. The standard InChI is InChI=1S/C16H16BrNO5S2/c1-4-23-14-10(17)5-9(6-11(14)21-2)7-12-15(20)18(16(24)25-12)8-13(19)22-3/h5-7H,4,8H2,1-3H3/b12-7-. The van der Waals surface area contributed by atoms with E-state index >= 15 is 0 Å². The summed E-state index contributed by atoms with van der Waals surface area (Å²) in [5.74, 6) is 0.292. The summed E-state index contributed by atoms with van der Waals surface area (Å²) in [6.07, 6.45) is 1.69. The van der Waals surface area contributed by atoms with E-state index in [4.69, 9.17) is 21.7 Å². The Kier molecular flexibility index (Phi) is 6.86. The summed E-state index contributed by atoms with van der Waals surface area (Å²) < 4.78 is 16.5. The number of amides is 1. The van der Waals surface area contributed by atoms with Crippen molar-refractivity contribution in [1.29, 1.82) is 0 Å². The zero-order valence-electron chi connectivity index (χ0n) is 13.8. The molecular weight excluding hydrogens is 430 g/mol. The quantitative estimate of drug-likeness (QED) is 0.378. The van der Waals surface area contributed by atoms with Crippen LogP contribution in [0.1, 0.15) is 12.5 Å². The third-order valence-electron chi connectivity index (χ3n) is 3.23. The van der Waals surface area contributed by atoms with Crippen LogP contribution in [-0.2, 0) is 14.3 Å². The number of hydrogen-bond donors (Lipinski definition) is 0. The van der Waals surface area contributed by atoms with Crippen LogP contribution in [0.2, 0.25) is 0 Å². The first-order valence-corrected chi connectivity index (χ1v) is 9.25. The second-order valence-corrected chi connectivity index (χ2v) is 7.34. The number of carbonyl (C=O) groups excluding carboxylic acids is 2. The summed E-state index contributed by atoms with van der Waals surface area (Å²) in [5.41, 5.74) is 0.741. The fourth-order valence-corrected chi connectivity index (χ4v) is 3.92. The zero-order valence-corrected chi connectivity index (χ0v) is 17.0. The van der Waals surface area contributed by atoms with Crippen molar-refractivity contribution < 1.29 is 23.8 Å². The van der Waals surface area contributed by atoms with Crippen molar-refractivity contribution in [3.8, 4) is 11.5 Å². The summed E-state index contributed by atoms with van der Waals surface area (Å²) in [6, 6.07) is 3.59. The van der Waals surface area contributed by atoms with Crippen LogP contribution in [-0.4, -0.2) is 48.5 Å². The van der Waals surface area contributed by atoms with Gasteiger partial charge in [-0.3, -0.25) is 14.5 Å². The molecule has 1 aromatic rings. The van der Waals surface area contributed by atoms with Crippen molar-refractivity contribution in [2.45, 2.75) is 6.92 Å². The van der Waals surface area contributed by atoms with Gasteiger partial charge in [0.2, 0.25) is 0 Å². The third-order valence-corrected chi connectivity index (χ3v) is 5.19.